The van der Waals surface area contributed by atoms with Crippen molar-refractivity contribution < 1.29 is 14.6 Å². The summed E-state index contributed by atoms with van der Waals surface area (Å²) in [6.45, 7) is 3.66. The summed E-state index contributed by atoms with van der Waals surface area (Å²) < 4.78 is 6.17. The van der Waals surface area contributed by atoms with Crippen molar-refractivity contribution in [1.82, 2.24) is 0 Å². The van der Waals surface area contributed by atoms with Crippen molar-refractivity contribution in [3.05, 3.63) is 27.7 Å². The van der Waals surface area contributed by atoms with Gasteiger partial charge in [0, 0.05) is 10.0 Å². The van der Waals surface area contributed by atoms with Gasteiger partial charge >= 0.3 is 5.97 Å². The van der Waals surface area contributed by atoms with Crippen LogP contribution in [0.3, 0.4) is 0 Å². The van der Waals surface area contributed by atoms with Crippen molar-refractivity contribution in [2.24, 2.45) is 5.92 Å². The summed E-state index contributed by atoms with van der Waals surface area (Å²) >= 11 is 3.44. The van der Waals surface area contributed by atoms with Gasteiger partial charge in [0.2, 0.25) is 0 Å². The van der Waals surface area contributed by atoms with Gasteiger partial charge in [-0.1, -0.05) is 22.9 Å². The summed E-state index contributed by atoms with van der Waals surface area (Å²) in [6, 6.07) is 3.88. The van der Waals surface area contributed by atoms with E-state index in [1.54, 1.807) is 14.0 Å². The zero-order chi connectivity index (χ0) is 12.3. The van der Waals surface area contributed by atoms with Crippen LogP contribution in [0, 0.1) is 12.8 Å². The molecule has 0 heterocycles. The second kappa shape index (κ2) is 5.34. The molecule has 3 nitrogen and oxygen atoms in total. The molecule has 0 radical (unpaired) electrons. The predicted molar refractivity (Wildman–Crippen MR) is 65.9 cm³/mol. The van der Waals surface area contributed by atoms with Crippen LogP contribution in [0.25, 0.3) is 0 Å². The molecule has 0 spiro atoms. The van der Waals surface area contributed by atoms with Crippen LogP contribution < -0.4 is 4.74 Å². The van der Waals surface area contributed by atoms with E-state index in [1.165, 1.54) is 0 Å². The number of hydrogen-bond acceptors (Lipinski definition) is 2. The molecule has 1 atom stereocenters. The highest BCUT2D eigenvalue weighted by Crippen LogP contribution is 2.30. The molecule has 1 unspecified atom stereocenters. The Bertz CT molecular complexity index is 401. The maximum absolute atomic E-state index is 10.8. The molecule has 1 N–H and O–H groups in total. The number of hydrogen-bond donors (Lipinski definition) is 1. The number of rotatable bonds is 4. The molecular weight excluding hydrogens is 272 g/mol. The Hall–Kier alpha value is -1.03. The number of halogens is 1. The van der Waals surface area contributed by atoms with Gasteiger partial charge in [-0.05, 0) is 31.0 Å². The number of aliphatic carboxylic acids is 1. The Morgan fingerprint density at radius 2 is 2.19 bits per heavy atom. The molecular formula is C12H15BrO3. The Morgan fingerprint density at radius 3 is 2.69 bits per heavy atom. The largest absolute Gasteiger partial charge is 0.496 e. The highest BCUT2D eigenvalue weighted by Gasteiger charge is 2.17. The molecule has 0 saturated carbocycles. The Balaban J connectivity index is 3.07. The third kappa shape index (κ3) is 2.98. The van der Waals surface area contributed by atoms with Crippen LogP contribution >= 0.6 is 15.9 Å². The van der Waals surface area contributed by atoms with Gasteiger partial charge in [0.05, 0.1) is 13.0 Å². The maximum Gasteiger partial charge on any atom is 0.306 e. The average molecular weight is 287 g/mol. The van der Waals surface area contributed by atoms with Gasteiger partial charge in [0.15, 0.2) is 0 Å². The Morgan fingerprint density at radius 1 is 1.56 bits per heavy atom. The molecule has 0 aromatic heterocycles. The first kappa shape index (κ1) is 13.0. The normalized spacial score (nSPS) is 12.2. The van der Waals surface area contributed by atoms with E-state index in [1.807, 2.05) is 19.1 Å². The summed E-state index contributed by atoms with van der Waals surface area (Å²) in [5.41, 5.74) is 1.98. The van der Waals surface area contributed by atoms with Crippen LogP contribution in [0.1, 0.15) is 18.1 Å². The second-order valence-electron chi connectivity index (χ2n) is 3.87. The van der Waals surface area contributed by atoms with Gasteiger partial charge in [0.1, 0.15) is 5.75 Å². The molecule has 0 bridgehead atoms. The molecule has 88 valence electrons. The average Bonchev–Trinajstić information content (AvgIpc) is 2.21. The molecule has 1 aromatic carbocycles. The highest BCUT2D eigenvalue weighted by molar-refractivity contribution is 9.10. The summed E-state index contributed by atoms with van der Waals surface area (Å²) in [4.78, 5) is 10.8. The molecule has 1 rings (SSSR count). The number of aryl methyl sites for hydroxylation is 1. The summed E-state index contributed by atoms with van der Waals surface area (Å²) in [7, 11) is 1.59. The van der Waals surface area contributed by atoms with E-state index in [4.69, 9.17) is 9.84 Å². The third-order valence-electron chi connectivity index (χ3n) is 2.45. The summed E-state index contributed by atoms with van der Waals surface area (Å²) in [6.07, 6.45) is 0.458. The molecule has 1 aromatic rings. The van der Waals surface area contributed by atoms with Gasteiger partial charge in [-0.25, -0.2) is 0 Å². The minimum absolute atomic E-state index is 0.423. The van der Waals surface area contributed by atoms with E-state index in [2.05, 4.69) is 15.9 Å². The zero-order valence-electron chi connectivity index (χ0n) is 9.58. The Labute approximate surface area is 104 Å². The first-order valence-corrected chi connectivity index (χ1v) is 5.80. The van der Waals surface area contributed by atoms with Crippen LogP contribution in [0.15, 0.2) is 16.6 Å². The maximum atomic E-state index is 10.8. The number of carbonyl (C=O) groups is 1. The molecule has 0 saturated heterocycles. The van der Waals surface area contributed by atoms with E-state index in [-0.39, 0.29) is 0 Å². The molecule has 0 aliphatic carbocycles. The van der Waals surface area contributed by atoms with Gasteiger partial charge in [-0.15, -0.1) is 0 Å². The van der Waals surface area contributed by atoms with Crippen molar-refractivity contribution in [2.75, 3.05) is 7.11 Å². The number of carboxylic acids is 1. The fourth-order valence-corrected chi connectivity index (χ4v) is 2.23. The van der Waals surface area contributed by atoms with Crippen molar-refractivity contribution in [3.8, 4) is 5.75 Å². The highest BCUT2D eigenvalue weighted by atomic mass is 79.9. The van der Waals surface area contributed by atoms with Gasteiger partial charge < -0.3 is 9.84 Å². The lowest BCUT2D eigenvalue weighted by Crippen LogP contribution is -2.13. The Kier molecular flexibility index (Phi) is 4.35. The van der Waals surface area contributed by atoms with Crippen LogP contribution in [0.5, 0.6) is 5.75 Å². The molecule has 0 fully saturated rings. The lowest BCUT2D eigenvalue weighted by Gasteiger charge is -2.14. The van der Waals surface area contributed by atoms with Crippen LogP contribution in [-0.2, 0) is 11.2 Å². The van der Waals surface area contributed by atoms with Crippen molar-refractivity contribution in [3.63, 3.8) is 0 Å². The first-order chi connectivity index (χ1) is 7.45. The standard InChI is InChI=1S/C12H15BrO3/c1-7-4-10(13)9(11(5-7)16-3)6-8(2)12(14)15/h4-5,8H,6H2,1-3H3,(H,14,15). The lowest BCUT2D eigenvalue weighted by molar-refractivity contribution is -0.141. The van der Waals surface area contributed by atoms with E-state index in [9.17, 15) is 4.79 Å². The van der Waals surface area contributed by atoms with Gasteiger partial charge in [-0.3, -0.25) is 4.79 Å². The zero-order valence-corrected chi connectivity index (χ0v) is 11.2. The number of methoxy groups -OCH3 is 1. The molecule has 0 aliphatic rings. The van der Waals surface area contributed by atoms with Crippen LogP contribution in [0.2, 0.25) is 0 Å². The number of carboxylic acid groups (broad SMARTS) is 1. The SMILES string of the molecule is COc1cc(C)cc(Br)c1CC(C)C(=O)O. The molecule has 4 heteroatoms. The van der Waals surface area contributed by atoms with E-state index in [0.717, 1.165) is 21.3 Å². The van der Waals surface area contributed by atoms with E-state index < -0.39 is 11.9 Å². The first-order valence-electron chi connectivity index (χ1n) is 5.01. The minimum atomic E-state index is -0.797. The number of benzene rings is 1. The summed E-state index contributed by atoms with van der Waals surface area (Å²) in [5, 5.41) is 8.90. The molecule has 16 heavy (non-hydrogen) atoms. The second-order valence-corrected chi connectivity index (χ2v) is 4.73. The smallest absolute Gasteiger partial charge is 0.306 e. The monoisotopic (exact) mass is 286 g/mol. The summed E-state index contributed by atoms with van der Waals surface area (Å²) in [5.74, 6) is -0.484. The molecule has 0 aliphatic heterocycles. The number of ether oxygens (including phenoxy) is 1. The fraction of sp³-hybridized carbons (Fsp3) is 0.417. The lowest BCUT2D eigenvalue weighted by atomic mass is 9.99. The van der Waals surface area contributed by atoms with Crippen LogP contribution in [-0.4, -0.2) is 18.2 Å². The van der Waals surface area contributed by atoms with Gasteiger partial charge in [-0.2, -0.15) is 0 Å². The molecule has 0 amide bonds. The topological polar surface area (TPSA) is 46.5 Å². The fourth-order valence-electron chi connectivity index (χ4n) is 1.51. The van der Waals surface area contributed by atoms with Crippen molar-refractivity contribution in [2.45, 2.75) is 20.3 Å². The van der Waals surface area contributed by atoms with Gasteiger partial charge in [0.25, 0.3) is 0 Å². The van der Waals surface area contributed by atoms with Crippen molar-refractivity contribution in [1.29, 1.82) is 0 Å². The van der Waals surface area contributed by atoms with E-state index in [0.29, 0.717) is 6.42 Å². The minimum Gasteiger partial charge on any atom is -0.496 e. The van der Waals surface area contributed by atoms with Crippen molar-refractivity contribution >= 4 is 21.9 Å². The quantitative estimate of drug-likeness (QED) is 0.926. The van der Waals surface area contributed by atoms with E-state index >= 15 is 0 Å². The third-order valence-corrected chi connectivity index (χ3v) is 3.16. The van der Waals surface area contributed by atoms with Crippen LogP contribution in [0.4, 0.5) is 0 Å². The predicted octanol–water partition coefficient (Wildman–Crippen LogP) is 3.03.